The zero-order valence-electron chi connectivity index (χ0n) is 17.2. The van der Waals surface area contributed by atoms with Crippen molar-refractivity contribution in [1.82, 2.24) is 0 Å². The molecule has 0 spiro atoms. The van der Waals surface area contributed by atoms with Gasteiger partial charge < -0.3 is 10.1 Å². The minimum atomic E-state index is -0.335. The van der Waals surface area contributed by atoms with E-state index < -0.39 is 0 Å². The summed E-state index contributed by atoms with van der Waals surface area (Å²) in [6.45, 7) is 6.61. The molecule has 1 atom stereocenters. The quantitative estimate of drug-likeness (QED) is 0.419. The second-order valence-corrected chi connectivity index (χ2v) is 7.67. The summed E-state index contributed by atoms with van der Waals surface area (Å²) in [5.41, 5.74) is 4.32. The summed E-state index contributed by atoms with van der Waals surface area (Å²) in [7, 11) is 0. The summed E-state index contributed by atoms with van der Waals surface area (Å²) in [6, 6.07) is 20.8. The van der Waals surface area contributed by atoms with Crippen LogP contribution in [0.5, 0.6) is 0 Å². The van der Waals surface area contributed by atoms with Gasteiger partial charge in [-0.05, 0) is 55.7 Å². The van der Waals surface area contributed by atoms with E-state index in [4.69, 9.17) is 10.1 Å². The maximum absolute atomic E-state index is 8.23. The summed E-state index contributed by atoms with van der Waals surface area (Å²) in [5, 5.41) is 10.6. The van der Waals surface area contributed by atoms with Gasteiger partial charge in [0.1, 0.15) is 5.76 Å². The van der Waals surface area contributed by atoms with Crippen molar-refractivity contribution in [3.05, 3.63) is 89.0 Å². The topological polar surface area (TPSA) is 33.1 Å². The molecular formula is C27H25NO. The van der Waals surface area contributed by atoms with Crippen molar-refractivity contribution < 1.29 is 4.74 Å². The van der Waals surface area contributed by atoms with Crippen LogP contribution < -0.4 is 0 Å². The van der Waals surface area contributed by atoms with Gasteiger partial charge in [-0.3, -0.25) is 0 Å². The molecule has 0 radical (unpaired) electrons. The molecule has 0 fully saturated rings. The van der Waals surface area contributed by atoms with Crippen LogP contribution in [0.1, 0.15) is 49.4 Å². The van der Waals surface area contributed by atoms with Gasteiger partial charge in [0.25, 0.3) is 0 Å². The van der Waals surface area contributed by atoms with Crippen LogP contribution in [0.3, 0.4) is 0 Å². The molecule has 3 aromatic carbocycles. The second kappa shape index (κ2) is 7.60. The molecule has 29 heavy (non-hydrogen) atoms. The van der Waals surface area contributed by atoms with Crippen LogP contribution in [0.25, 0.3) is 16.5 Å². The Hall–Kier alpha value is -3.31. The van der Waals surface area contributed by atoms with Gasteiger partial charge in [-0.25, -0.2) is 0 Å². The predicted molar refractivity (Wildman–Crippen MR) is 121 cm³/mol. The van der Waals surface area contributed by atoms with Crippen molar-refractivity contribution in [2.75, 3.05) is 6.61 Å². The number of allylic oxidation sites excluding steroid dienone is 1. The lowest BCUT2D eigenvalue weighted by atomic mass is 9.72. The van der Waals surface area contributed by atoms with Crippen molar-refractivity contribution in [2.45, 2.75) is 32.6 Å². The molecule has 3 aromatic rings. The van der Waals surface area contributed by atoms with Gasteiger partial charge in [-0.15, -0.1) is 0 Å². The van der Waals surface area contributed by atoms with E-state index in [1.807, 2.05) is 26.0 Å². The van der Waals surface area contributed by atoms with E-state index in [0.29, 0.717) is 12.3 Å². The average Bonchev–Trinajstić information content (AvgIpc) is 2.74. The molecule has 1 unspecified atom stereocenters. The molecule has 0 bridgehead atoms. The van der Waals surface area contributed by atoms with E-state index >= 15 is 0 Å². The second-order valence-electron chi connectivity index (χ2n) is 7.67. The molecule has 0 aromatic heterocycles. The molecule has 2 nitrogen and oxygen atoms in total. The fraction of sp³-hybridized carbons (Fsp3) is 0.222. The van der Waals surface area contributed by atoms with Gasteiger partial charge in [0.2, 0.25) is 0 Å². The highest BCUT2D eigenvalue weighted by Crippen LogP contribution is 2.41. The SMILES string of the molecule is CCOC1=CCC(C)(C#Cc2cccc3ccccc23)c2cccc(C(C)=N)c21. The molecule has 0 saturated carbocycles. The first-order valence-electron chi connectivity index (χ1n) is 10.1. The number of nitrogens with one attached hydrogen (secondary N) is 1. The monoisotopic (exact) mass is 379 g/mol. The Morgan fingerprint density at radius 1 is 1.07 bits per heavy atom. The molecule has 144 valence electrons. The van der Waals surface area contributed by atoms with Gasteiger partial charge in [0.15, 0.2) is 0 Å². The normalized spacial score (nSPS) is 17.7. The maximum atomic E-state index is 8.23. The van der Waals surface area contributed by atoms with E-state index in [1.54, 1.807) is 0 Å². The molecule has 0 saturated heterocycles. The number of hydrogen-bond donors (Lipinski definition) is 1. The van der Waals surface area contributed by atoms with E-state index in [0.717, 1.165) is 34.4 Å². The molecule has 1 aliphatic rings. The number of benzene rings is 3. The molecule has 4 rings (SSSR count). The highest BCUT2D eigenvalue weighted by atomic mass is 16.5. The van der Waals surface area contributed by atoms with Crippen LogP contribution in [0.2, 0.25) is 0 Å². The van der Waals surface area contributed by atoms with E-state index in [9.17, 15) is 0 Å². The Balaban J connectivity index is 1.86. The number of fused-ring (bicyclic) bond motifs is 2. The Morgan fingerprint density at radius 2 is 1.83 bits per heavy atom. The summed E-state index contributed by atoms with van der Waals surface area (Å²) in [4.78, 5) is 0. The van der Waals surface area contributed by atoms with Crippen molar-refractivity contribution in [1.29, 1.82) is 5.41 Å². The minimum Gasteiger partial charge on any atom is -0.494 e. The maximum Gasteiger partial charge on any atom is 0.123 e. The lowest BCUT2D eigenvalue weighted by molar-refractivity contribution is 0.293. The van der Waals surface area contributed by atoms with Crippen molar-refractivity contribution in [2.24, 2.45) is 0 Å². The van der Waals surface area contributed by atoms with Crippen LogP contribution in [-0.2, 0) is 10.2 Å². The van der Waals surface area contributed by atoms with Crippen molar-refractivity contribution in [3.8, 4) is 11.8 Å². The lowest BCUT2D eigenvalue weighted by Gasteiger charge is -2.32. The number of hydrogen-bond acceptors (Lipinski definition) is 2. The van der Waals surface area contributed by atoms with Gasteiger partial charge in [-0.2, -0.15) is 0 Å². The molecule has 0 amide bonds. The van der Waals surface area contributed by atoms with E-state index in [1.165, 1.54) is 10.8 Å². The van der Waals surface area contributed by atoms with Gasteiger partial charge in [0.05, 0.1) is 12.0 Å². The molecule has 1 N–H and O–H groups in total. The highest BCUT2D eigenvalue weighted by Gasteiger charge is 2.33. The average molecular weight is 380 g/mol. The van der Waals surface area contributed by atoms with Crippen LogP contribution in [0.4, 0.5) is 0 Å². The molecule has 1 aliphatic carbocycles. The van der Waals surface area contributed by atoms with E-state index in [-0.39, 0.29) is 5.41 Å². The summed E-state index contributed by atoms with van der Waals surface area (Å²) < 4.78 is 5.93. The molecule has 0 aliphatic heterocycles. The van der Waals surface area contributed by atoms with Crippen LogP contribution >= 0.6 is 0 Å². The van der Waals surface area contributed by atoms with E-state index in [2.05, 4.69) is 73.4 Å². The third kappa shape index (κ3) is 3.45. The molecular weight excluding hydrogens is 354 g/mol. The van der Waals surface area contributed by atoms with Gasteiger partial charge >= 0.3 is 0 Å². The van der Waals surface area contributed by atoms with Crippen LogP contribution in [0.15, 0.2) is 66.7 Å². The smallest absolute Gasteiger partial charge is 0.123 e. The first kappa shape index (κ1) is 19.0. The zero-order chi connectivity index (χ0) is 20.4. The highest BCUT2D eigenvalue weighted by molar-refractivity contribution is 6.01. The minimum absolute atomic E-state index is 0.335. The Labute approximate surface area is 172 Å². The standard InChI is InChI=1S/C27H25NO/c1-4-29-25-16-18-27(3,24-14-8-13-22(19(2)28)26(24)25)17-15-21-11-7-10-20-9-5-6-12-23(20)21/h5-14,16,28H,4,18H2,1-3H3. The fourth-order valence-electron chi connectivity index (χ4n) is 4.04. The Morgan fingerprint density at radius 3 is 2.62 bits per heavy atom. The third-order valence-corrected chi connectivity index (χ3v) is 5.57. The van der Waals surface area contributed by atoms with Crippen molar-refractivity contribution in [3.63, 3.8) is 0 Å². The number of ether oxygens (including phenoxy) is 1. The van der Waals surface area contributed by atoms with Gasteiger partial charge in [-0.1, -0.05) is 66.4 Å². The predicted octanol–water partition coefficient (Wildman–Crippen LogP) is 6.32. The first-order valence-corrected chi connectivity index (χ1v) is 10.1. The third-order valence-electron chi connectivity index (χ3n) is 5.57. The molecule has 0 heterocycles. The number of rotatable bonds is 3. The Bertz CT molecular complexity index is 1190. The van der Waals surface area contributed by atoms with Crippen LogP contribution in [0, 0.1) is 17.3 Å². The van der Waals surface area contributed by atoms with Gasteiger partial charge in [0, 0.05) is 22.4 Å². The lowest BCUT2D eigenvalue weighted by Crippen LogP contribution is -2.26. The first-order chi connectivity index (χ1) is 14.0. The van der Waals surface area contributed by atoms with Crippen molar-refractivity contribution >= 4 is 22.2 Å². The molecule has 2 heteroatoms. The Kier molecular flexibility index (Phi) is 4.99. The summed E-state index contributed by atoms with van der Waals surface area (Å²) in [6.07, 6.45) is 2.92. The fourth-order valence-corrected chi connectivity index (χ4v) is 4.04. The summed E-state index contributed by atoms with van der Waals surface area (Å²) in [5.74, 6) is 7.90. The largest absolute Gasteiger partial charge is 0.494 e. The van der Waals surface area contributed by atoms with Crippen LogP contribution in [-0.4, -0.2) is 12.3 Å². The summed E-state index contributed by atoms with van der Waals surface area (Å²) >= 11 is 0. The zero-order valence-corrected chi connectivity index (χ0v) is 17.2.